The first-order valence-electron chi connectivity index (χ1n) is 8.60. The number of piperazine rings is 1. The fraction of sp³-hybridized carbons (Fsp3) is 0.706. The number of thiophene rings is 1. The second-order valence-corrected chi connectivity index (χ2v) is 11.2. The van der Waals surface area contributed by atoms with E-state index in [1.54, 1.807) is 11.3 Å². The van der Waals surface area contributed by atoms with Crippen molar-refractivity contribution in [2.45, 2.75) is 32.1 Å². The average molecular weight is 405 g/mol. The lowest BCUT2D eigenvalue weighted by atomic mass is 10.3. The van der Waals surface area contributed by atoms with Crippen LogP contribution in [0.5, 0.6) is 0 Å². The summed E-state index contributed by atoms with van der Waals surface area (Å²) in [5.74, 6) is 1.55. The lowest BCUT2D eigenvalue weighted by Crippen LogP contribution is -2.52. The maximum Gasteiger partial charge on any atom is 0.193 e. The summed E-state index contributed by atoms with van der Waals surface area (Å²) in [5, 5.41) is 3.36. The molecule has 25 heavy (non-hydrogen) atoms. The molecule has 0 bridgehead atoms. The zero-order valence-electron chi connectivity index (χ0n) is 15.5. The molecule has 1 saturated heterocycles. The average Bonchev–Trinajstić information content (AvgIpc) is 2.96. The number of nitrogens with zero attached hydrogens (tertiary/aromatic N) is 3. The van der Waals surface area contributed by atoms with E-state index < -0.39 is 10.8 Å². The highest BCUT2D eigenvalue weighted by Crippen LogP contribution is 2.23. The summed E-state index contributed by atoms with van der Waals surface area (Å²) < 4.78 is 12.8. The second-order valence-electron chi connectivity index (χ2n) is 7.11. The van der Waals surface area contributed by atoms with Crippen LogP contribution in [0.15, 0.2) is 17.1 Å². The van der Waals surface area contributed by atoms with E-state index in [9.17, 15) is 4.21 Å². The minimum atomic E-state index is -0.841. The van der Waals surface area contributed by atoms with Crippen molar-refractivity contribution in [2.24, 2.45) is 4.99 Å². The number of nitrogens with one attached hydrogen (secondary N) is 1. The van der Waals surface area contributed by atoms with Gasteiger partial charge in [-0.3, -0.25) is 14.1 Å². The van der Waals surface area contributed by atoms with Crippen LogP contribution in [-0.2, 0) is 17.3 Å². The van der Waals surface area contributed by atoms with Crippen LogP contribution in [0.4, 0.5) is 0 Å². The minimum Gasteiger partial charge on any atom is -0.355 e. The molecule has 1 N–H and O–H groups in total. The van der Waals surface area contributed by atoms with Gasteiger partial charge in [-0.1, -0.05) is 11.6 Å². The second kappa shape index (κ2) is 9.35. The van der Waals surface area contributed by atoms with Gasteiger partial charge in [0.05, 0.1) is 4.34 Å². The van der Waals surface area contributed by atoms with Gasteiger partial charge in [0.25, 0.3) is 0 Å². The maximum absolute atomic E-state index is 12.1. The molecule has 0 saturated carbocycles. The lowest BCUT2D eigenvalue weighted by Gasteiger charge is -2.36. The third kappa shape index (κ3) is 6.55. The van der Waals surface area contributed by atoms with Crippen LogP contribution >= 0.6 is 22.9 Å². The third-order valence-electron chi connectivity index (χ3n) is 4.15. The van der Waals surface area contributed by atoms with Crippen LogP contribution in [-0.4, -0.2) is 70.2 Å². The van der Waals surface area contributed by atoms with Gasteiger partial charge in [-0.25, -0.2) is 0 Å². The summed E-state index contributed by atoms with van der Waals surface area (Å²) >= 11 is 7.66. The Bertz CT molecular complexity index is 604. The van der Waals surface area contributed by atoms with E-state index in [1.165, 1.54) is 4.88 Å². The highest BCUT2D eigenvalue weighted by Gasteiger charge is 2.21. The molecule has 142 valence electrons. The topological polar surface area (TPSA) is 47.9 Å². The first kappa shape index (κ1) is 20.7. The monoisotopic (exact) mass is 404 g/mol. The number of guanidine groups is 1. The summed E-state index contributed by atoms with van der Waals surface area (Å²) in [4.78, 5) is 10.4. The molecule has 1 aliphatic rings. The molecule has 2 rings (SSSR count). The zero-order valence-corrected chi connectivity index (χ0v) is 17.9. The van der Waals surface area contributed by atoms with Crippen molar-refractivity contribution in [1.29, 1.82) is 0 Å². The van der Waals surface area contributed by atoms with Gasteiger partial charge in [-0.2, -0.15) is 0 Å². The van der Waals surface area contributed by atoms with E-state index >= 15 is 0 Å². The summed E-state index contributed by atoms with van der Waals surface area (Å²) in [6, 6.07) is 4.07. The zero-order chi connectivity index (χ0) is 18.4. The van der Waals surface area contributed by atoms with Crippen LogP contribution < -0.4 is 5.32 Å². The van der Waals surface area contributed by atoms with Gasteiger partial charge in [0.1, 0.15) is 0 Å². The van der Waals surface area contributed by atoms with Gasteiger partial charge in [0, 0.05) is 72.5 Å². The minimum absolute atomic E-state index is 0.165. The highest BCUT2D eigenvalue weighted by atomic mass is 35.5. The van der Waals surface area contributed by atoms with Crippen molar-refractivity contribution < 1.29 is 4.21 Å². The Labute approximate surface area is 162 Å². The van der Waals surface area contributed by atoms with Gasteiger partial charge in [-0.05, 0) is 32.9 Å². The van der Waals surface area contributed by atoms with Crippen molar-refractivity contribution in [1.82, 2.24) is 15.1 Å². The molecular weight excluding hydrogens is 376 g/mol. The normalized spacial score (nSPS) is 18.4. The van der Waals surface area contributed by atoms with Crippen molar-refractivity contribution >= 4 is 39.7 Å². The molecule has 5 nitrogen and oxygen atoms in total. The van der Waals surface area contributed by atoms with Crippen LogP contribution in [0.25, 0.3) is 0 Å². The molecule has 0 aromatic carbocycles. The Morgan fingerprint density at radius 3 is 2.52 bits per heavy atom. The first-order chi connectivity index (χ1) is 11.8. The maximum atomic E-state index is 12.1. The predicted molar refractivity (Wildman–Crippen MR) is 110 cm³/mol. The molecule has 1 aromatic rings. The number of rotatable bonds is 5. The Morgan fingerprint density at radius 1 is 1.32 bits per heavy atom. The van der Waals surface area contributed by atoms with Crippen molar-refractivity contribution in [3.05, 3.63) is 21.3 Å². The molecule has 1 unspecified atom stereocenters. The van der Waals surface area contributed by atoms with E-state index in [4.69, 9.17) is 11.6 Å². The number of hydrogen-bond donors (Lipinski definition) is 1. The van der Waals surface area contributed by atoms with E-state index in [2.05, 4.69) is 26.2 Å². The molecule has 1 atom stereocenters. The summed E-state index contributed by atoms with van der Waals surface area (Å²) in [7, 11) is 0.968. The standard InChI is InChI=1S/C17H29ClN4OS2/c1-17(2,3)25(23)12-7-20-16(19-4)22-10-8-21(9-11-22)13-14-5-6-15(18)24-14/h5-6H,7-13H2,1-4H3,(H,19,20). The fourth-order valence-electron chi connectivity index (χ4n) is 2.67. The molecule has 2 heterocycles. The molecule has 0 amide bonds. The molecule has 8 heteroatoms. The summed E-state index contributed by atoms with van der Waals surface area (Å²) in [6.45, 7) is 11.6. The van der Waals surface area contributed by atoms with Crippen molar-refractivity contribution in [2.75, 3.05) is 45.5 Å². The SMILES string of the molecule is CN=C(NCCS(=O)C(C)(C)C)N1CCN(Cc2ccc(Cl)s2)CC1. The van der Waals surface area contributed by atoms with Crippen molar-refractivity contribution in [3.63, 3.8) is 0 Å². The smallest absolute Gasteiger partial charge is 0.193 e. The molecule has 1 fully saturated rings. The van der Waals surface area contributed by atoms with Gasteiger partial charge in [0.15, 0.2) is 5.96 Å². The molecular formula is C17H29ClN4OS2. The lowest BCUT2D eigenvalue weighted by molar-refractivity contribution is 0.174. The Kier molecular flexibility index (Phi) is 7.73. The largest absolute Gasteiger partial charge is 0.355 e. The summed E-state index contributed by atoms with van der Waals surface area (Å²) in [6.07, 6.45) is 0. The van der Waals surface area contributed by atoms with Gasteiger partial charge in [0.2, 0.25) is 0 Å². The summed E-state index contributed by atoms with van der Waals surface area (Å²) in [5.41, 5.74) is 0. The quantitative estimate of drug-likeness (QED) is 0.605. The Balaban J connectivity index is 1.75. The fourth-order valence-corrected chi connectivity index (χ4v) is 4.70. The van der Waals surface area contributed by atoms with Gasteiger partial charge >= 0.3 is 0 Å². The van der Waals surface area contributed by atoms with E-state index in [0.717, 1.165) is 43.0 Å². The molecule has 0 radical (unpaired) electrons. The third-order valence-corrected chi connectivity index (χ3v) is 7.30. The molecule has 1 aromatic heterocycles. The highest BCUT2D eigenvalue weighted by molar-refractivity contribution is 7.86. The molecule has 0 spiro atoms. The van der Waals surface area contributed by atoms with Gasteiger partial charge in [-0.15, -0.1) is 11.3 Å². The predicted octanol–water partition coefficient (Wildman–Crippen LogP) is 2.64. The molecule has 1 aliphatic heterocycles. The van der Waals surface area contributed by atoms with Gasteiger partial charge < -0.3 is 10.2 Å². The Morgan fingerprint density at radius 2 is 2.00 bits per heavy atom. The van der Waals surface area contributed by atoms with E-state index in [1.807, 2.05) is 33.9 Å². The Hall–Kier alpha value is -0.630. The first-order valence-corrected chi connectivity index (χ1v) is 11.1. The molecule has 0 aliphatic carbocycles. The van der Waals surface area contributed by atoms with Crippen LogP contribution in [0.1, 0.15) is 25.6 Å². The number of halogens is 1. The van der Waals surface area contributed by atoms with Crippen LogP contribution in [0.2, 0.25) is 4.34 Å². The van der Waals surface area contributed by atoms with Crippen molar-refractivity contribution in [3.8, 4) is 0 Å². The number of hydrogen-bond acceptors (Lipinski definition) is 4. The number of aliphatic imine (C=N–C) groups is 1. The van der Waals surface area contributed by atoms with E-state index in [0.29, 0.717) is 12.3 Å². The van der Waals surface area contributed by atoms with Crippen LogP contribution in [0, 0.1) is 0 Å². The van der Waals surface area contributed by atoms with Crippen LogP contribution in [0.3, 0.4) is 0 Å². The van der Waals surface area contributed by atoms with E-state index in [-0.39, 0.29) is 4.75 Å².